The van der Waals surface area contributed by atoms with Crippen LogP contribution < -0.4 is 10.5 Å². The SMILES string of the molecule is COc1cc(C(N)=NC2CC2)sn1. The van der Waals surface area contributed by atoms with Gasteiger partial charge in [0.1, 0.15) is 5.84 Å². The summed E-state index contributed by atoms with van der Waals surface area (Å²) in [6.07, 6.45) is 2.33. The highest BCUT2D eigenvalue weighted by Gasteiger charge is 2.21. The van der Waals surface area contributed by atoms with Crippen LogP contribution in [0.3, 0.4) is 0 Å². The number of amidine groups is 1. The topological polar surface area (TPSA) is 60.5 Å². The first kappa shape index (κ1) is 8.50. The first-order chi connectivity index (χ1) is 6.29. The molecule has 0 amide bonds. The molecule has 2 N–H and O–H groups in total. The molecule has 1 aliphatic carbocycles. The van der Waals surface area contributed by atoms with E-state index in [2.05, 4.69) is 9.37 Å². The molecule has 1 aliphatic rings. The predicted molar refractivity (Wildman–Crippen MR) is 52.4 cm³/mol. The minimum absolute atomic E-state index is 0.452. The van der Waals surface area contributed by atoms with Crippen molar-refractivity contribution in [3.63, 3.8) is 0 Å². The van der Waals surface area contributed by atoms with E-state index in [0.717, 1.165) is 17.7 Å². The third-order valence-electron chi connectivity index (χ3n) is 1.82. The fraction of sp³-hybridized carbons (Fsp3) is 0.500. The standard InChI is InChI=1S/C8H11N3OS/c1-12-7-4-6(13-11-7)8(9)10-5-2-3-5/h4-5H,2-3H2,1H3,(H2,9,10). The average molecular weight is 197 g/mol. The average Bonchev–Trinajstić information content (AvgIpc) is 2.82. The number of nitrogens with zero attached hydrogens (tertiary/aromatic N) is 2. The quantitative estimate of drug-likeness (QED) is 0.581. The highest BCUT2D eigenvalue weighted by molar-refractivity contribution is 7.08. The van der Waals surface area contributed by atoms with Gasteiger partial charge in [0.15, 0.2) is 0 Å². The lowest BCUT2D eigenvalue weighted by Crippen LogP contribution is -2.12. The maximum Gasteiger partial charge on any atom is 0.225 e. The Kier molecular flexibility index (Phi) is 2.18. The Morgan fingerprint density at radius 3 is 3.08 bits per heavy atom. The Hall–Kier alpha value is -1.10. The van der Waals surface area contributed by atoms with Crippen molar-refractivity contribution in [1.29, 1.82) is 0 Å². The molecule has 0 aromatic carbocycles. The molecule has 1 aromatic rings. The minimum atomic E-state index is 0.452. The van der Waals surface area contributed by atoms with Gasteiger partial charge in [-0.05, 0) is 24.4 Å². The smallest absolute Gasteiger partial charge is 0.225 e. The van der Waals surface area contributed by atoms with Gasteiger partial charge in [-0.1, -0.05) is 0 Å². The van der Waals surface area contributed by atoms with Crippen molar-refractivity contribution in [2.45, 2.75) is 18.9 Å². The van der Waals surface area contributed by atoms with Crippen LogP contribution in [0, 0.1) is 0 Å². The van der Waals surface area contributed by atoms with Gasteiger partial charge in [-0.15, -0.1) is 0 Å². The largest absolute Gasteiger partial charge is 0.480 e. The summed E-state index contributed by atoms with van der Waals surface area (Å²) in [5, 5.41) is 0. The normalized spacial score (nSPS) is 17.5. The van der Waals surface area contributed by atoms with Gasteiger partial charge in [0.25, 0.3) is 0 Å². The Morgan fingerprint density at radius 1 is 1.77 bits per heavy atom. The fourth-order valence-corrected chi connectivity index (χ4v) is 1.56. The van der Waals surface area contributed by atoms with Gasteiger partial charge >= 0.3 is 0 Å². The van der Waals surface area contributed by atoms with Crippen LogP contribution in [0.5, 0.6) is 5.88 Å². The van der Waals surface area contributed by atoms with Crippen LogP contribution in [0.2, 0.25) is 0 Å². The van der Waals surface area contributed by atoms with E-state index in [4.69, 9.17) is 10.5 Å². The Bertz CT molecular complexity index is 330. The number of hydrogen-bond acceptors (Lipinski definition) is 4. The first-order valence-corrected chi connectivity index (χ1v) is 4.91. The third-order valence-corrected chi connectivity index (χ3v) is 2.61. The van der Waals surface area contributed by atoms with Crippen LogP contribution in [-0.4, -0.2) is 23.4 Å². The first-order valence-electron chi connectivity index (χ1n) is 4.14. The van der Waals surface area contributed by atoms with E-state index in [1.807, 2.05) is 6.07 Å². The molecule has 0 saturated heterocycles. The molecule has 1 heterocycles. The zero-order chi connectivity index (χ0) is 9.26. The number of ether oxygens (including phenoxy) is 1. The molecule has 0 atom stereocenters. The van der Waals surface area contributed by atoms with E-state index in [0.29, 0.717) is 17.8 Å². The van der Waals surface area contributed by atoms with Crippen LogP contribution in [0.25, 0.3) is 0 Å². The van der Waals surface area contributed by atoms with Crippen LogP contribution in [0.15, 0.2) is 11.1 Å². The molecule has 2 rings (SSSR count). The Balaban J connectivity index is 2.14. The predicted octanol–water partition coefficient (Wildman–Crippen LogP) is 1.02. The second-order valence-electron chi connectivity index (χ2n) is 2.98. The molecule has 70 valence electrons. The summed E-state index contributed by atoms with van der Waals surface area (Å²) in [5.74, 6) is 1.19. The summed E-state index contributed by atoms with van der Waals surface area (Å²) < 4.78 is 9.00. The van der Waals surface area contributed by atoms with Gasteiger partial charge in [-0.2, -0.15) is 4.37 Å². The summed E-state index contributed by atoms with van der Waals surface area (Å²) in [7, 11) is 1.59. The van der Waals surface area contributed by atoms with E-state index in [1.165, 1.54) is 11.5 Å². The lowest BCUT2D eigenvalue weighted by atomic mass is 10.4. The molecule has 0 unspecified atom stereocenters. The number of hydrogen-bond donors (Lipinski definition) is 1. The molecule has 0 radical (unpaired) electrons. The number of rotatable bonds is 3. The third kappa shape index (κ3) is 1.98. The Morgan fingerprint density at radius 2 is 2.54 bits per heavy atom. The van der Waals surface area contributed by atoms with E-state index < -0.39 is 0 Å². The molecule has 5 heteroatoms. The van der Waals surface area contributed by atoms with Crippen LogP contribution in [-0.2, 0) is 0 Å². The second kappa shape index (κ2) is 3.33. The van der Waals surface area contributed by atoms with Gasteiger partial charge in [0.05, 0.1) is 18.0 Å². The number of nitrogens with two attached hydrogens (primary N) is 1. The highest BCUT2D eigenvalue weighted by atomic mass is 32.1. The molecular formula is C8H11N3OS. The van der Waals surface area contributed by atoms with Gasteiger partial charge in [-0.3, -0.25) is 4.99 Å². The van der Waals surface area contributed by atoms with Gasteiger partial charge < -0.3 is 10.5 Å². The number of aromatic nitrogens is 1. The molecule has 0 aliphatic heterocycles. The van der Waals surface area contributed by atoms with Crippen LogP contribution >= 0.6 is 11.5 Å². The molecule has 1 saturated carbocycles. The van der Waals surface area contributed by atoms with Gasteiger partial charge in [-0.25, -0.2) is 0 Å². The van der Waals surface area contributed by atoms with Gasteiger partial charge in [0, 0.05) is 6.07 Å². The second-order valence-corrected chi connectivity index (χ2v) is 3.78. The summed E-state index contributed by atoms with van der Waals surface area (Å²) in [6, 6.07) is 2.26. The van der Waals surface area contributed by atoms with Crippen molar-refractivity contribution in [3.8, 4) is 5.88 Å². The molecule has 1 aromatic heterocycles. The Labute approximate surface area is 80.6 Å². The molecule has 1 fully saturated rings. The molecule has 13 heavy (non-hydrogen) atoms. The van der Waals surface area contributed by atoms with Crippen molar-refractivity contribution in [2.24, 2.45) is 10.7 Å². The van der Waals surface area contributed by atoms with Crippen LogP contribution in [0.1, 0.15) is 17.7 Å². The van der Waals surface area contributed by atoms with E-state index in [9.17, 15) is 0 Å². The maximum atomic E-state index is 5.77. The summed E-state index contributed by atoms with van der Waals surface area (Å²) in [4.78, 5) is 5.21. The highest BCUT2D eigenvalue weighted by Crippen LogP contribution is 2.25. The molecule has 4 nitrogen and oxygen atoms in total. The summed E-state index contributed by atoms with van der Waals surface area (Å²) in [6.45, 7) is 0. The van der Waals surface area contributed by atoms with E-state index in [-0.39, 0.29) is 0 Å². The number of methoxy groups -OCH3 is 1. The lowest BCUT2D eigenvalue weighted by Gasteiger charge is -1.93. The molecule has 0 bridgehead atoms. The van der Waals surface area contributed by atoms with Crippen molar-refractivity contribution in [3.05, 3.63) is 10.9 Å². The van der Waals surface area contributed by atoms with Gasteiger partial charge in [0.2, 0.25) is 5.88 Å². The van der Waals surface area contributed by atoms with Crippen LogP contribution in [0.4, 0.5) is 0 Å². The zero-order valence-electron chi connectivity index (χ0n) is 7.36. The van der Waals surface area contributed by atoms with Crippen molar-refractivity contribution in [2.75, 3.05) is 7.11 Å². The van der Waals surface area contributed by atoms with Crippen molar-refractivity contribution < 1.29 is 4.74 Å². The molecular weight excluding hydrogens is 186 g/mol. The molecule has 0 spiro atoms. The monoisotopic (exact) mass is 197 g/mol. The summed E-state index contributed by atoms with van der Waals surface area (Å²) in [5.41, 5.74) is 5.77. The van der Waals surface area contributed by atoms with E-state index in [1.54, 1.807) is 7.11 Å². The zero-order valence-corrected chi connectivity index (χ0v) is 8.17. The van der Waals surface area contributed by atoms with E-state index >= 15 is 0 Å². The van der Waals surface area contributed by atoms with Crippen molar-refractivity contribution in [1.82, 2.24) is 4.37 Å². The maximum absolute atomic E-state index is 5.77. The summed E-state index contributed by atoms with van der Waals surface area (Å²) >= 11 is 1.32. The fourth-order valence-electron chi connectivity index (χ4n) is 0.940. The lowest BCUT2D eigenvalue weighted by molar-refractivity contribution is 0.402. The minimum Gasteiger partial charge on any atom is -0.480 e. The number of aliphatic imine (C=N–C) groups is 1. The van der Waals surface area contributed by atoms with Crippen molar-refractivity contribution >= 4 is 17.4 Å².